The number of hydrogen-bond acceptors (Lipinski definition) is 4. The molecule has 21 heavy (non-hydrogen) atoms. The van der Waals surface area contributed by atoms with Gasteiger partial charge in [0.1, 0.15) is 12.1 Å². The highest BCUT2D eigenvalue weighted by Gasteiger charge is 2.55. The number of fused-ring (bicyclic) bond motifs is 1. The Morgan fingerprint density at radius 3 is 2.71 bits per heavy atom. The van der Waals surface area contributed by atoms with Crippen molar-refractivity contribution in [3.8, 4) is 0 Å². The Balaban J connectivity index is 1.75. The van der Waals surface area contributed by atoms with Gasteiger partial charge in [0.25, 0.3) is 0 Å². The minimum absolute atomic E-state index is 0.535. The molecular weight excluding hydrogens is 262 g/mol. The smallest absolute Gasteiger partial charge is 0.163 e. The monoisotopic (exact) mass is 285 g/mol. The fraction of sp³-hybridized carbons (Fsp3) is 0.688. The topological polar surface area (TPSA) is 46.8 Å². The predicted molar refractivity (Wildman–Crippen MR) is 83.2 cm³/mol. The van der Waals surface area contributed by atoms with Crippen LogP contribution in [0, 0.1) is 11.3 Å². The van der Waals surface area contributed by atoms with Gasteiger partial charge in [-0.25, -0.2) is 9.97 Å². The van der Waals surface area contributed by atoms with E-state index >= 15 is 0 Å². The lowest BCUT2D eigenvalue weighted by Crippen LogP contribution is -2.66. The van der Waals surface area contributed by atoms with Crippen molar-refractivity contribution in [2.75, 3.05) is 11.4 Å². The lowest BCUT2D eigenvalue weighted by Gasteiger charge is -2.59. The number of rotatable bonds is 2. The molecule has 0 bridgehead atoms. The molecule has 2 aliphatic rings. The predicted octanol–water partition coefficient (Wildman–Crippen LogP) is 2.77. The lowest BCUT2D eigenvalue weighted by molar-refractivity contribution is 0.0984. The van der Waals surface area contributed by atoms with Gasteiger partial charge in [-0.15, -0.1) is 0 Å². The van der Waals surface area contributed by atoms with Crippen LogP contribution in [0.2, 0.25) is 0 Å². The summed E-state index contributed by atoms with van der Waals surface area (Å²) in [5, 5.41) is 5.43. The largest absolute Gasteiger partial charge is 0.351 e. The number of anilines is 1. The van der Waals surface area contributed by atoms with Crippen molar-refractivity contribution in [2.45, 2.75) is 45.6 Å². The Morgan fingerprint density at radius 2 is 2.00 bits per heavy atom. The molecule has 4 rings (SSSR count). The summed E-state index contributed by atoms with van der Waals surface area (Å²) in [6.45, 7) is 5.84. The van der Waals surface area contributed by atoms with E-state index in [0.29, 0.717) is 17.4 Å². The quantitative estimate of drug-likeness (QED) is 0.851. The van der Waals surface area contributed by atoms with Crippen LogP contribution in [0.1, 0.15) is 39.5 Å². The van der Waals surface area contributed by atoms with E-state index in [1.54, 1.807) is 6.33 Å². The first-order chi connectivity index (χ1) is 10.1. The van der Waals surface area contributed by atoms with Crippen LogP contribution in [0.15, 0.2) is 12.5 Å². The molecule has 0 unspecified atom stereocenters. The molecule has 1 aliphatic heterocycles. The maximum atomic E-state index is 4.59. The first-order valence-corrected chi connectivity index (χ1v) is 8.02. The van der Waals surface area contributed by atoms with E-state index < -0.39 is 0 Å². The first-order valence-electron chi connectivity index (χ1n) is 8.02. The maximum absolute atomic E-state index is 4.59. The molecule has 5 heteroatoms. The van der Waals surface area contributed by atoms with Crippen LogP contribution in [0.3, 0.4) is 0 Å². The Kier molecular flexibility index (Phi) is 2.75. The molecule has 2 aromatic rings. The van der Waals surface area contributed by atoms with E-state index in [0.717, 1.165) is 23.4 Å². The average Bonchev–Trinajstić information content (AvgIpc) is 3.04. The lowest BCUT2D eigenvalue weighted by atomic mass is 9.66. The SMILES string of the molecule is CC(C)[C@@H]1N(c2ncnc3c2cnn3C)CC12CCCC2. The van der Waals surface area contributed by atoms with Gasteiger partial charge in [-0.05, 0) is 18.8 Å². The van der Waals surface area contributed by atoms with Gasteiger partial charge in [-0.3, -0.25) is 4.68 Å². The summed E-state index contributed by atoms with van der Waals surface area (Å²) in [4.78, 5) is 11.5. The first kappa shape index (κ1) is 13.0. The molecule has 0 N–H and O–H groups in total. The molecule has 1 saturated heterocycles. The summed E-state index contributed by atoms with van der Waals surface area (Å²) in [5.74, 6) is 1.72. The minimum Gasteiger partial charge on any atom is -0.351 e. The van der Waals surface area contributed by atoms with Crippen LogP contribution in [0.5, 0.6) is 0 Å². The molecule has 0 aromatic carbocycles. The van der Waals surface area contributed by atoms with Crippen molar-refractivity contribution in [2.24, 2.45) is 18.4 Å². The highest BCUT2D eigenvalue weighted by atomic mass is 15.3. The molecule has 1 saturated carbocycles. The molecule has 2 aromatic heterocycles. The van der Waals surface area contributed by atoms with Crippen molar-refractivity contribution in [1.29, 1.82) is 0 Å². The summed E-state index contributed by atoms with van der Waals surface area (Å²) < 4.78 is 1.83. The number of nitrogens with zero attached hydrogens (tertiary/aromatic N) is 5. The zero-order chi connectivity index (χ0) is 14.6. The Morgan fingerprint density at radius 1 is 1.24 bits per heavy atom. The second kappa shape index (κ2) is 4.42. The molecule has 0 radical (unpaired) electrons. The van der Waals surface area contributed by atoms with Crippen molar-refractivity contribution >= 4 is 16.9 Å². The second-order valence-electron chi connectivity index (χ2n) is 7.09. The van der Waals surface area contributed by atoms with Gasteiger partial charge in [0, 0.05) is 25.0 Å². The van der Waals surface area contributed by atoms with Crippen LogP contribution < -0.4 is 4.90 Å². The minimum atomic E-state index is 0.535. The van der Waals surface area contributed by atoms with Gasteiger partial charge in [-0.2, -0.15) is 5.10 Å². The summed E-state index contributed by atoms with van der Waals surface area (Å²) in [5.41, 5.74) is 1.46. The number of aryl methyl sites for hydroxylation is 1. The molecule has 1 atom stereocenters. The fourth-order valence-corrected chi connectivity index (χ4v) is 4.73. The zero-order valence-electron chi connectivity index (χ0n) is 13.1. The Bertz CT molecular complexity index is 668. The normalized spacial score (nSPS) is 24.2. The van der Waals surface area contributed by atoms with Crippen LogP contribution in [-0.2, 0) is 7.05 Å². The average molecular weight is 285 g/mol. The van der Waals surface area contributed by atoms with Gasteiger partial charge in [0.2, 0.25) is 0 Å². The second-order valence-corrected chi connectivity index (χ2v) is 7.09. The van der Waals surface area contributed by atoms with Crippen molar-refractivity contribution in [3.63, 3.8) is 0 Å². The standard InChI is InChI=1S/C16H23N5/c1-11(2)13-16(6-4-5-7-16)9-21(13)15-12-8-19-20(3)14(12)17-10-18-15/h8,10-11,13H,4-7,9H2,1-3H3/t13-/m0/s1. The van der Waals surface area contributed by atoms with E-state index in [1.165, 1.54) is 25.7 Å². The fourth-order valence-electron chi connectivity index (χ4n) is 4.73. The van der Waals surface area contributed by atoms with Crippen molar-refractivity contribution < 1.29 is 0 Å². The molecular formula is C16H23N5. The summed E-state index contributed by atoms with van der Waals surface area (Å²) in [7, 11) is 1.94. The van der Waals surface area contributed by atoms with Crippen molar-refractivity contribution in [1.82, 2.24) is 19.7 Å². The summed E-state index contributed by atoms with van der Waals surface area (Å²) in [6.07, 6.45) is 9.13. The highest BCUT2D eigenvalue weighted by molar-refractivity contribution is 5.87. The van der Waals surface area contributed by atoms with Crippen molar-refractivity contribution in [3.05, 3.63) is 12.5 Å². The maximum Gasteiger partial charge on any atom is 0.163 e. The van der Waals surface area contributed by atoms with E-state index in [9.17, 15) is 0 Å². The van der Waals surface area contributed by atoms with Crippen LogP contribution in [0.25, 0.3) is 11.0 Å². The van der Waals surface area contributed by atoms with Crippen LogP contribution in [-0.4, -0.2) is 32.3 Å². The van der Waals surface area contributed by atoms with Gasteiger partial charge >= 0.3 is 0 Å². The third-order valence-corrected chi connectivity index (χ3v) is 5.46. The number of aromatic nitrogens is 4. The summed E-state index contributed by atoms with van der Waals surface area (Å²) in [6, 6.07) is 0.610. The highest BCUT2D eigenvalue weighted by Crippen LogP contribution is 2.54. The third-order valence-electron chi connectivity index (χ3n) is 5.46. The molecule has 1 aliphatic carbocycles. The van der Waals surface area contributed by atoms with Gasteiger partial charge in [0.15, 0.2) is 5.65 Å². The Labute approximate surface area is 125 Å². The molecule has 1 spiro atoms. The van der Waals surface area contributed by atoms with Gasteiger partial charge in [0.05, 0.1) is 11.6 Å². The zero-order valence-corrected chi connectivity index (χ0v) is 13.1. The molecule has 112 valence electrons. The van der Waals surface area contributed by atoms with Gasteiger partial charge in [-0.1, -0.05) is 26.7 Å². The van der Waals surface area contributed by atoms with Crippen LogP contribution in [0.4, 0.5) is 5.82 Å². The Hall–Kier alpha value is -1.65. The van der Waals surface area contributed by atoms with E-state index in [4.69, 9.17) is 0 Å². The molecule has 3 heterocycles. The molecule has 2 fully saturated rings. The molecule has 5 nitrogen and oxygen atoms in total. The molecule has 0 amide bonds. The van der Waals surface area contributed by atoms with Crippen LogP contribution >= 0.6 is 0 Å². The van der Waals surface area contributed by atoms with Gasteiger partial charge < -0.3 is 4.90 Å². The van der Waals surface area contributed by atoms with E-state index in [2.05, 4.69) is 33.8 Å². The van der Waals surface area contributed by atoms with E-state index in [1.807, 2.05) is 17.9 Å². The number of hydrogen-bond donors (Lipinski definition) is 0. The third kappa shape index (κ3) is 1.72. The van der Waals surface area contributed by atoms with E-state index in [-0.39, 0.29) is 0 Å². The summed E-state index contributed by atoms with van der Waals surface area (Å²) >= 11 is 0.